The summed E-state index contributed by atoms with van der Waals surface area (Å²) in [4.78, 5) is 37.3. The average molecular weight is 1330 g/mol. The van der Waals surface area contributed by atoms with Gasteiger partial charge in [0, 0.05) is 13.8 Å². The molecule has 0 aromatic carbocycles. The van der Waals surface area contributed by atoms with Crippen LogP contribution in [0.5, 0.6) is 0 Å². The normalized spacial score (nSPS) is 48.3. The standard InChI is InChI=1S/C46H76N2O40S/c1-9(55)47-17-22(60)31(15(7-53)79-42(17)85-35-20(58)12(4-50)78-45(28(35)66)83-33-14(6-52)75-40(71)25(63)24(33)62)81-43-27(65)34(19(57)11(3-49)76-43)84-41-18(48-10(2)56)23(61)32(16(8-54)80-41)82-44-29(67)36(21(59)13(5-51)77-44)86-46-30(68)37(88-89(72,73)74)26(64)38(87-46)39(69)70/h11-38,40-46,49-54,57-68,71H,3-8H2,1-2H3,(H,47,55)(H,48,56)(H,69,70)(H,72,73,74)/t11-,12-,13-,14-,15-,16-,17-,18-,19+,20+,21+,22-,23-,24-,25-,26+,27-,28-,29-,30-,31-,32-,33-,34+,35+,36+,37+,38+,40?,41+,42+,43+,44+,45+,46-/m1/s1. The van der Waals surface area contributed by atoms with Gasteiger partial charge in [-0.05, 0) is 0 Å². The number of nitrogens with one attached hydrogen (secondary N) is 2. The van der Waals surface area contributed by atoms with Crippen molar-refractivity contribution in [2.24, 2.45) is 0 Å². The Labute approximate surface area is 501 Å². The Morgan fingerprint density at radius 2 is 0.652 bits per heavy atom. The van der Waals surface area contributed by atoms with Gasteiger partial charge in [0.05, 0.1) is 39.6 Å². The number of carboxylic acid groups (broad SMARTS) is 1. The van der Waals surface area contributed by atoms with E-state index < -0.39 is 283 Å². The van der Waals surface area contributed by atoms with Gasteiger partial charge in [0.2, 0.25) is 11.8 Å². The van der Waals surface area contributed by atoms with E-state index in [1.54, 1.807) is 0 Å². The maximum atomic E-state index is 12.7. The van der Waals surface area contributed by atoms with Crippen LogP contribution in [0.3, 0.4) is 0 Å². The second-order valence-electron chi connectivity index (χ2n) is 21.6. The van der Waals surface area contributed by atoms with Crippen molar-refractivity contribution in [3.05, 3.63) is 0 Å². The molecule has 42 nitrogen and oxygen atoms in total. The Bertz CT molecular complexity index is 2410. The van der Waals surface area contributed by atoms with E-state index in [1.807, 2.05) is 0 Å². The number of rotatable bonds is 23. The zero-order valence-electron chi connectivity index (χ0n) is 46.5. The molecule has 1 unspecified atom stereocenters. The molecule has 7 fully saturated rings. The van der Waals surface area contributed by atoms with Crippen molar-refractivity contribution in [3.8, 4) is 0 Å². The highest BCUT2D eigenvalue weighted by Crippen LogP contribution is 2.38. The Balaban J connectivity index is 1.08. The summed E-state index contributed by atoms with van der Waals surface area (Å²) < 4.78 is 110. The van der Waals surface area contributed by atoms with Gasteiger partial charge in [-0.1, -0.05) is 0 Å². The van der Waals surface area contributed by atoms with E-state index in [2.05, 4.69) is 14.8 Å². The predicted octanol–water partition coefficient (Wildman–Crippen LogP) is -16.1. The quantitative estimate of drug-likeness (QED) is 0.0422. The van der Waals surface area contributed by atoms with E-state index in [9.17, 15) is 129 Å². The van der Waals surface area contributed by atoms with Crippen molar-refractivity contribution in [2.75, 3.05) is 39.6 Å². The molecule has 7 aliphatic heterocycles. The zero-order chi connectivity index (χ0) is 66.0. The number of hydrogen-bond donors (Lipinski definition) is 23. The molecule has 516 valence electrons. The first-order chi connectivity index (χ1) is 41.8. The van der Waals surface area contributed by atoms with Gasteiger partial charge in [-0.15, -0.1) is 0 Å². The lowest BCUT2D eigenvalue weighted by molar-refractivity contribution is -0.389. The van der Waals surface area contributed by atoms with Crippen molar-refractivity contribution >= 4 is 28.2 Å². The third kappa shape index (κ3) is 16.2. The molecule has 0 bridgehead atoms. The fraction of sp³-hybridized carbons (Fsp3) is 0.935. The smallest absolute Gasteiger partial charge is 0.397 e. The lowest BCUT2D eigenvalue weighted by atomic mass is 9.93. The van der Waals surface area contributed by atoms with Gasteiger partial charge < -0.3 is 174 Å². The van der Waals surface area contributed by atoms with Gasteiger partial charge in [0.15, 0.2) is 50.1 Å². The molecule has 0 aliphatic carbocycles. The fourth-order valence-corrected chi connectivity index (χ4v) is 11.5. The fourth-order valence-electron chi connectivity index (χ4n) is 11.0. The first-order valence-corrected chi connectivity index (χ1v) is 28.7. The molecule has 7 heterocycles. The van der Waals surface area contributed by atoms with Crippen LogP contribution in [0.15, 0.2) is 0 Å². The van der Waals surface area contributed by atoms with Crippen LogP contribution in [-0.2, 0) is 90.5 Å². The number of aliphatic hydroxyl groups excluding tert-OH is 19. The summed E-state index contributed by atoms with van der Waals surface area (Å²) in [6.07, 6.45) is -69.7. The van der Waals surface area contributed by atoms with Crippen LogP contribution in [0, 0.1) is 0 Å². The number of hydrogen-bond acceptors (Lipinski definition) is 38. The van der Waals surface area contributed by atoms with Gasteiger partial charge >= 0.3 is 16.4 Å². The Hall–Kier alpha value is -3.00. The summed E-state index contributed by atoms with van der Waals surface area (Å²) in [5.41, 5.74) is 0. The summed E-state index contributed by atoms with van der Waals surface area (Å²) in [5.74, 6) is -3.87. The van der Waals surface area contributed by atoms with E-state index in [4.69, 9.17) is 61.6 Å². The maximum absolute atomic E-state index is 12.7. The number of amides is 2. The topological polar surface area (TPSA) is 663 Å². The molecular formula is C46H76N2O40S. The van der Waals surface area contributed by atoms with Crippen molar-refractivity contribution < 1.29 is 195 Å². The molecule has 89 heavy (non-hydrogen) atoms. The van der Waals surface area contributed by atoms with Crippen molar-refractivity contribution in [2.45, 2.75) is 229 Å². The number of carbonyl (C=O) groups excluding carboxylic acids is 2. The van der Waals surface area contributed by atoms with Crippen molar-refractivity contribution in [1.82, 2.24) is 10.6 Å². The van der Waals surface area contributed by atoms with Gasteiger partial charge in [0.25, 0.3) is 0 Å². The number of aliphatic hydroxyl groups is 19. The summed E-state index contributed by atoms with van der Waals surface area (Å²) in [6.45, 7) is -4.64. The molecule has 0 spiro atoms. The van der Waals surface area contributed by atoms with Gasteiger partial charge in [-0.25, -0.2) is 8.98 Å². The Morgan fingerprint density at radius 1 is 0.360 bits per heavy atom. The molecule has 0 aromatic heterocycles. The van der Waals surface area contributed by atoms with Gasteiger partial charge in [0.1, 0.15) is 165 Å². The molecule has 0 radical (unpaired) electrons. The largest absolute Gasteiger partial charge is 0.479 e. The molecule has 35 atom stereocenters. The monoisotopic (exact) mass is 1330 g/mol. The van der Waals surface area contributed by atoms with Crippen LogP contribution in [0.4, 0.5) is 0 Å². The van der Waals surface area contributed by atoms with Crippen molar-refractivity contribution in [3.63, 3.8) is 0 Å². The maximum Gasteiger partial charge on any atom is 0.397 e. The number of ether oxygens (including phenoxy) is 13. The Morgan fingerprint density at radius 3 is 0.978 bits per heavy atom. The van der Waals surface area contributed by atoms with Crippen LogP contribution in [0.2, 0.25) is 0 Å². The SMILES string of the molecule is CC(=O)N[C@H]1[C@H](O[C@H]2[C@@H](O)[C@@H](CO)O[C@@H](O[C@H]3[C@H](O)[C@@H](NC(C)=O)[C@H](O[C@H]4[C@@H](O)[C@@H](CO)O[C@@H](O[C@H]5[C@H](O)[C@@H](O)C(O)O[C@@H]5CO)[C@@H]4O)O[C@@H]3CO)[C@@H]2O)O[C@H](CO)[C@@H](O[C@@H]2O[C@H](CO)[C@H](O)[C@H](O[C@@H]3O[C@H](C(=O)O)[C@@H](O)[C@H](OS(=O)(=O)O)[C@H]3O)[C@H]2O)[C@@H]1O. The highest BCUT2D eigenvalue weighted by atomic mass is 32.3. The lowest BCUT2D eigenvalue weighted by Gasteiger charge is -2.51. The highest BCUT2D eigenvalue weighted by Gasteiger charge is 2.60. The molecule has 43 heteroatoms. The number of carbonyl (C=O) groups is 3. The average Bonchev–Trinajstić information content (AvgIpc) is 0.991. The van der Waals surface area contributed by atoms with E-state index in [1.165, 1.54) is 0 Å². The minimum Gasteiger partial charge on any atom is -0.479 e. The summed E-state index contributed by atoms with van der Waals surface area (Å²) in [5, 5.41) is 221. The molecule has 23 N–H and O–H groups in total. The second-order valence-corrected chi connectivity index (χ2v) is 22.6. The molecule has 0 saturated carbocycles. The van der Waals surface area contributed by atoms with Crippen molar-refractivity contribution in [1.29, 1.82) is 0 Å². The van der Waals surface area contributed by atoms with Crippen LogP contribution in [0.25, 0.3) is 0 Å². The molecule has 7 aliphatic rings. The zero-order valence-corrected chi connectivity index (χ0v) is 47.3. The van der Waals surface area contributed by atoms with E-state index in [0.717, 1.165) is 13.8 Å². The third-order valence-corrected chi connectivity index (χ3v) is 16.0. The molecular weight excluding hydrogens is 1250 g/mol. The lowest BCUT2D eigenvalue weighted by Crippen LogP contribution is -2.71. The Kier molecular flexibility index (Phi) is 25.6. The number of aliphatic carboxylic acids is 1. The van der Waals surface area contributed by atoms with Crippen LogP contribution in [0.1, 0.15) is 13.8 Å². The first-order valence-electron chi connectivity index (χ1n) is 27.3. The van der Waals surface area contributed by atoms with E-state index >= 15 is 0 Å². The van der Waals surface area contributed by atoms with Gasteiger partial charge in [-0.3, -0.25) is 14.1 Å². The van der Waals surface area contributed by atoms with E-state index in [0.29, 0.717) is 0 Å². The second kappa shape index (κ2) is 31.0. The summed E-state index contributed by atoms with van der Waals surface area (Å²) >= 11 is 0. The van der Waals surface area contributed by atoms with Gasteiger partial charge in [-0.2, -0.15) is 8.42 Å². The molecule has 2 amide bonds. The summed E-state index contributed by atoms with van der Waals surface area (Å²) in [6, 6.07) is -3.81. The minimum atomic E-state index is -5.54. The first kappa shape index (κ1) is 73.4. The number of carboxylic acids is 1. The molecule has 7 rings (SSSR count). The van der Waals surface area contributed by atoms with Crippen LogP contribution < -0.4 is 10.6 Å². The minimum absolute atomic E-state index is 0.911. The van der Waals surface area contributed by atoms with Crippen LogP contribution in [-0.4, -0.2) is 387 Å². The summed E-state index contributed by atoms with van der Waals surface area (Å²) in [7, 11) is -5.54. The van der Waals surface area contributed by atoms with Crippen LogP contribution >= 0.6 is 0 Å². The highest BCUT2D eigenvalue weighted by molar-refractivity contribution is 7.80. The van der Waals surface area contributed by atoms with E-state index in [-0.39, 0.29) is 0 Å². The third-order valence-electron chi connectivity index (χ3n) is 15.5. The predicted molar refractivity (Wildman–Crippen MR) is 266 cm³/mol. The molecule has 7 saturated heterocycles. The molecule has 0 aromatic rings.